The maximum absolute atomic E-state index is 8.81. The lowest BCUT2D eigenvalue weighted by Gasteiger charge is -1.70. The molecule has 0 aliphatic rings. The molecule has 0 aliphatic carbocycles. The topological polar surface area (TPSA) is 56.0 Å². The number of hydrogen-bond acceptors (Lipinski definition) is 3. The van der Waals surface area contributed by atoms with Crippen LogP contribution in [0.2, 0.25) is 0 Å². The van der Waals surface area contributed by atoms with E-state index < -0.39 is 4.92 Å². The Kier molecular flexibility index (Phi) is 4.86. The molecule has 0 spiro atoms. The van der Waals surface area contributed by atoms with E-state index in [1.165, 1.54) is 0 Å². The normalized spacial score (nSPS) is 7.30. The fourth-order valence-electron chi connectivity index (χ4n) is 0.313. The SMILES string of the molecule is C[N+](=O)[O-].c1ccncc1. The third-order valence-corrected chi connectivity index (χ3v) is 0.566. The van der Waals surface area contributed by atoms with Crippen molar-refractivity contribution in [2.24, 2.45) is 0 Å². The van der Waals surface area contributed by atoms with Crippen molar-refractivity contribution in [3.8, 4) is 0 Å². The predicted octanol–water partition coefficient (Wildman–Crippen LogP) is 0.974. The van der Waals surface area contributed by atoms with Crippen molar-refractivity contribution in [3.05, 3.63) is 40.7 Å². The molecule has 0 radical (unpaired) electrons. The molecule has 0 bridgehead atoms. The van der Waals surface area contributed by atoms with E-state index in [1.54, 1.807) is 12.4 Å². The summed E-state index contributed by atoms with van der Waals surface area (Å²) in [5, 5.41) is 8.81. The lowest BCUT2D eigenvalue weighted by Crippen LogP contribution is -1.79. The molecule has 0 saturated heterocycles. The predicted molar refractivity (Wildman–Crippen MR) is 37.2 cm³/mol. The van der Waals surface area contributed by atoms with Crippen molar-refractivity contribution in [2.45, 2.75) is 0 Å². The molecule has 0 fully saturated rings. The zero-order valence-corrected chi connectivity index (χ0v) is 5.60. The van der Waals surface area contributed by atoms with Gasteiger partial charge in [-0.15, -0.1) is 0 Å². The number of pyridine rings is 1. The van der Waals surface area contributed by atoms with Gasteiger partial charge in [0, 0.05) is 17.3 Å². The van der Waals surface area contributed by atoms with E-state index in [4.69, 9.17) is 10.1 Å². The second-order valence-electron chi connectivity index (χ2n) is 1.46. The molecule has 1 heterocycles. The maximum Gasteiger partial charge on any atom is 0.194 e. The summed E-state index contributed by atoms with van der Waals surface area (Å²) >= 11 is 0. The number of nitro groups is 1. The van der Waals surface area contributed by atoms with Crippen molar-refractivity contribution in [2.75, 3.05) is 7.05 Å². The molecule has 0 N–H and O–H groups in total. The van der Waals surface area contributed by atoms with Gasteiger partial charge in [0.1, 0.15) is 0 Å². The fraction of sp³-hybridized carbons (Fsp3) is 0.167. The average molecular weight is 140 g/mol. The Balaban J connectivity index is 0.000000180. The molecule has 1 aromatic rings. The number of nitrogens with zero attached hydrogens (tertiary/aromatic N) is 2. The van der Waals surface area contributed by atoms with Gasteiger partial charge in [0.2, 0.25) is 0 Å². The van der Waals surface area contributed by atoms with Gasteiger partial charge >= 0.3 is 0 Å². The summed E-state index contributed by atoms with van der Waals surface area (Å²) in [4.78, 5) is 12.1. The molecule has 0 amide bonds. The molecule has 0 aromatic carbocycles. The van der Waals surface area contributed by atoms with E-state index in [0.717, 1.165) is 7.05 Å². The Morgan fingerprint density at radius 3 is 1.80 bits per heavy atom. The monoisotopic (exact) mass is 140 g/mol. The quantitative estimate of drug-likeness (QED) is 0.398. The highest BCUT2D eigenvalue weighted by molar-refractivity contribution is 4.88. The lowest BCUT2D eigenvalue weighted by molar-refractivity contribution is -0.445. The number of aromatic nitrogens is 1. The molecule has 4 heteroatoms. The highest BCUT2D eigenvalue weighted by Crippen LogP contribution is 1.73. The van der Waals surface area contributed by atoms with Gasteiger partial charge in [-0.3, -0.25) is 15.1 Å². The smallest absolute Gasteiger partial charge is 0.194 e. The molecular formula is C6H8N2O2. The molecule has 4 nitrogen and oxygen atoms in total. The molecule has 0 saturated carbocycles. The Bertz CT molecular complexity index is 146. The van der Waals surface area contributed by atoms with E-state index in [1.807, 2.05) is 18.2 Å². The molecular weight excluding hydrogens is 132 g/mol. The molecule has 10 heavy (non-hydrogen) atoms. The minimum absolute atomic E-state index is 0.500. The summed E-state index contributed by atoms with van der Waals surface area (Å²) in [7, 11) is 0.889. The van der Waals surface area contributed by atoms with Gasteiger partial charge in [0.25, 0.3) is 0 Å². The van der Waals surface area contributed by atoms with Gasteiger partial charge < -0.3 is 0 Å². The minimum Gasteiger partial charge on any atom is -0.265 e. The van der Waals surface area contributed by atoms with Crippen LogP contribution in [-0.2, 0) is 0 Å². The van der Waals surface area contributed by atoms with Gasteiger partial charge in [0.05, 0.1) is 0 Å². The fourth-order valence-corrected chi connectivity index (χ4v) is 0.313. The average Bonchev–Trinajstić information content (AvgIpc) is 1.90. The molecule has 0 unspecified atom stereocenters. The van der Waals surface area contributed by atoms with Gasteiger partial charge in [-0.1, -0.05) is 6.07 Å². The van der Waals surface area contributed by atoms with Gasteiger partial charge in [-0.2, -0.15) is 0 Å². The van der Waals surface area contributed by atoms with E-state index >= 15 is 0 Å². The standard InChI is InChI=1S/C5H5N.CH3NO2/c1-2-4-6-5-3-1;1-2(3)4/h1-5H;1H3. The highest BCUT2D eigenvalue weighted by atomic mass is 16.6. The molecule has 0 aliphatic heterocycles. The third-order valence-electron chi connectivity index (χ3n) is 0.566. The van der Waals surface area contributed by atoms with E-state index in [9.17, 15) is 0 Å². The Morgan fingerprint density at radius 2 is 1.70 bits per heavy atom. The van der Waals surface area contributed by atoms with Crippen LogP contribution in [0.4, 0.5) is 0 Å². The largest absolute Gasteiger partial charge is 0.265 e. The molecule has 1 rings (SSSR count). The van der Waals surface area contributed by atoms with Crippen LogP contribution < -0.4 is 0 Å². The first-order chi connectivity index (χ1) is 4.73. The molecule has 0 atom stereocenters. The second kappa shape index (κ2) is 5.68. The molecule has 1 aromatic heterocycles. The van der Waals surface area contributed by atoms with Crippen molar-refractivity contribution in [1.29, 1.82) is 0 Å². The first-order valence-corrected chi connectivity index (χ1v) is 2.66. The van der Waals surface area contributed by atoms with Crippen LogP contribution in [0.25, 0.3) is 0 Å². The van der Waals surface area contributed by atoms with Crippen LogP contribution in [-0.4, -0.2) is 17.0 Å². The van der Waals surface area contributed by atoms with E-state index in [2.05, 4.69) is 4.98 Å². The number of hydrogen-bond donors (Lipinski definition) is 0. The van der Waals surface area contributed by atoms with Crippen molar-refractivity contribution < 1.29 is 4.92 Å². The summed E-state index contributed by atoms with van der Waals surface area (Å²) in [5.41, 5.74) is 0. The van der Waals surface area contributed by atoms with E-state index in [0.29, 0.717) is 0 Å². The minimum atomic E-state index is -0.500. The Hall–Kier alpha value is -1.45. The van der Waals surface area contributed by atoms with Gasteiger partial charge in [-0.05, 0) is 12.1 Å². The summed E-state index contributed by atoms with van der Waals surface area (Å²) in [5.74, 6) is 0. The Labute approximate surface area is 58.7 Å². The first kappa shape index (κ1) is 8.55. The highest BCUT2D eigenvalue weighted by Gasteiger charge is 1.58. The van der Waals surface area contributed by atoms with Crippen molar-refractivity contribution in [3.63, 3.8) is 0 Å². The second-order valence-corrected chi connectivity index (χ2v) is 1.46. The zero-order chi connectivity index (χ0) is 7.82. The van der Waals surface area contributed by atoms with Crippen LogP contribution in [0.5, 0.6) is 0 Å². The number of rotatable bonds is 0. The summed E-state index contributed by atoms with van der Waals surface area (Å²) in [6.45, 7) is 0. The summed E-state index contributed by atoms with van der Waals surface area (Å²) in [6, 6.07) is 5.72. The van der Waals surface area contributed by atoms with Crippen LogP contribution in [0, 0.1) is 10.1 Å². The van der Waals surface area contributed by atoms with Gasteiger partial charge in [-0.25, -0.2) is 0 Å². The van der Waals surface area contributed by atoms with Crippen LogP contribution in [0.3, 0.4) is 0 Å². The van der Waals surface area contributed by atoms with Crippen LogP contribution in [0.1, 0.15) is 0 Å². The molecule has 54 valence electrons. The summed E-state index contributed by atoms with van der Waals surface area (Å²) < 4.78 is 0. The Morgan fingerprint density at radius 1 is 1.30 bits per heavy atom. The van der Waals surface area contributed by atoms with Crippen LogP contribution >= 0.6 is 0 Å². The first-order valence-electron chi connectivity index (χ1n) is 2.66. The lowest BCUT2D eigenvalue weighted by atomic mass is 10.5. The van der Waals surface area contributed by atoms with Crippen molar-refractivity contribution in [1.82, 2.24) is 4.98 Å². The van der Waals surface area contributed by atoms with Crippen LogP contribution in [0.15, 0.2) is 30.6 Å². The zero-order valence-electron chi connectivity index (χ0n) is 5.60. The van der Waals surface area contributed by atoms with E-state index in [-0.39, 0.29) is 0 Å². The summed E-state index contributed by atoms with van der Waals surface area (Å²) in [6.07, 6.45) is 3.50. The van der Waals surface area contributed by atoms with Crippen molar-refractivity contribution >= 4 is 0 Å². The third kappa shape index (κ3) is 9.75. The maximum atomic E-state index is 8.81. The van der Waals surface area contributed by atoms with Gasteiger partial charge in [0.15, 0.2) is 7.05 Å².